The molecule has 0 amide bonds. The van der Waals surface area contributed by atoms with Crippen LogP contribution in [0.25, 0.3) is 0 Å². The molecule has 0 atom stereocenters. The lowest BCUT2D eigenvalue weighted by molar-refractivity contribution is 0.239. The summed E-state index contributed by atoms with van der Waals surface area (Å²) in [6.45, 7) is 3.77. The van der Waals surface area contributed by atoms with E-state index in [9.17, 15) is 8.42 Å². The van der Waals surface area contributed by atoms with Gasteiger partial charge in [0.2, 0.25) is 0 Å². The van der Waals surface area contributed by atoms with Crippen molar-refractivity contribution in [3.8, 4) is 5.75 Å². The van der Waals surface area contributed by atoms with Gasteiger partial charge in [0.15, 0.2) is 20.6 Å². The summed E-state index contributed by atoms with van der Waals surface area (Å²) in [4.78, 5) is 3.90. The van der Waals surface area contributed by atoms with E-state index in [0.717, 1.165) is 6.26 Å². The SMILES string of the molecule is CC(C)Oc1ccc(S(C)(=O)=O)nc1Br. The molecular formula is C9H12BrNO3S. The fourth-order valence-corrected chi connectivity index (χ4v) is 2.06. The summed E-state index contributed by atoms with van der Waals surface area (Å²) in [6.07, 6.45) is 1.14. The number of aromatic nitrogens is 1. The van der Waals surface area contributed by atoms with Crippen molar-refractivity contribution in [1.29, 1.82) is 0 Å². The van der Waals surface area contributed by atoms with E-state index in [-0.39, 0.29) is 11.1 Å². The van der Waals surface area contributed by atoms with Crippen LogP contribution in [-0.4, -0.2) is 25.8 Å². The van der Waals surface area contributed by atoms with Gasteiger partial charge in [0, 0.05) is 6.26 Å². The normalized spacial score (nSPS) is 11.8. The van der Waals surface area contributed by atoms with Crippen molar-refractivity contribution in [3.63, 3.8) is 0 Å². The molecule has 0 aliphatic heterocycles. The van der Waals surface area contributed by atoms with Crippen LogP contribution in [0.4, 0.5) is 0 Å². The summed E-state index contributed by atoms with van der Waals surface area (Å²) in [5.41, 5.74) is 0. The first-order valence-electron chi connectivity index (χ1n) is 4.34. The lowest BCUT2D eigenvalue weighted by Crippen LogP contribution is -2.08. The topological polar surface area (TPSA) is 56.3 Å². The monoisotopic (exact) mass is 293 g/mol. The predicted octanol–water partition coefficient (Wildman–Crippen LogP) is 2.03. The Bertz CT molecular complexity index is 456. The highest BCUT2D eigenvalue weighted by molar-refractivity contribution is 9.10. The van der Waals surface area contributed by atoms with Crippen LogP contribution in [0.2, 0.25) is 0 Å². The van der Waals surface area contributed by atoms with Crippen molar-refractivity contribution < 1.29 is 13.2 Å². The minimum atomic E-state index is -3.27. The minimum absolute atomic E-state index is 0.0205. The zero-order valence-corrected chi connectivity index (χ0v) is 11.1. The van der Waals surface area contributed by atoms with Crippen molar-refractivity contribution in [3.05, 3.63) is 16.7 Å². The van der Waals surface area contributed by atoms with E-state index in [1.165, 1.54) is 6.07 Å². The second-order valence-electron chi connectivity index (χ2n) is 3.38. The van der Waals surface area contributed by atoms with Gasteiger partial charge in [-0.25, -0.2) is 13.4 Å². The maximum absolute atomic E-state index is 11.2. The smallest absolute Gasteiger partial charge is 0.192 e. The van der Waals surface area contributed by atoms with Gasteiger partial charge in [-0.2, -0.15) is 0 Å². The van der Waals surface area contributed by atoms with Gasteiger partial charge < -0.3 is 4.74 Å². The van der Waals surface area contributed by atoms with Crippen molar-refractivity contribution in [1.82, 2.24) is 4.98 Å². The maximum Gasteiger partial charge on any atom is 0.192 e. The summed E-state index contributed by atoms with van der Waals surface area (Å²) in [7, 11) is -3.27. The van der Waals surface area contributed by atoms with Crippen LogP contribution in [0.3, 0.4) is 0 Å². The molecule has 0 fully saturated rings. The lowest BCUT2D eigenvalue weighted by atomic mass is 10.4. The number of hydrogen-bond acceptors (Lipinski definition) is 4. The molecule has 0 radical (unpaired) electrons. The van der Waals surface area contributed by atoms with Crippen molar-refractivity contribution in [2.24, 2.45) is 0 Å². The fraction of sp³-hybridized carbons (Fsp3) is 0.444. The van der Waals surface area contributed by atoms with E-state index in [0.29, 0.717) is 10.4 Å². The Hall–Kier alpha value is -0.620. The zero-order valence-electron chi connectivity index (χ0n) is 8.69. The number of ether oxygens (including phenoxy) is 1. The van der Waals surface area contributed by atoms with Crippen molar-refractivity contribution in [2.75, 3.05) is 6.26 Å². The van der Waals surface area contributed by atoms with E-state index in [1.807, 2.05) is 13.8 Å². The zero-order chi connectivity index (χ0) is 11.6. The van der Waals surface area contributed by atoms with E-state index < -0.39 is 9.84 Å². The molecule has 0 saturated carbocycles. The quantitative estimate of drug-likeness (QED) is 0.800. The molecule has 0 N–H and O–H groups in total. The lowest BCUT2D eigenvalue weighted by Gasteiger charge is -2.11. The molecule has 0 bridgehead atoms. The van der Waals surface area contributed by atoms with Gasteiger partial charge in [0.05, 0.1) is 6.10 Å². The van der Waals surface area contributed by atoms with E-state index in [2.05, 4.69) is 20.9 Å². The Morgan fingerprint density at radius 2 is 2.00 bits per heavy atom. The summed E-state index contributed by atoms with van der Waals surface area (Å²) < 4.78 is 28.2. The number of halogens is 1. The number of rotatable bonds is 3. The molecule has 6 heteroatoms. The van der Waals surface area contributed by atoms with Gasteiger partial charge in [-0.15, -0.1) is 0 Å². The number of hydrogen-bond donors (Lipinski definition) is 0. The Morgan fingerprint density at radius 3 is 2.40 bits per heavy atom. The van der Waals surface area contributed by atoms with Crippen LogP contribution >= 0.6 is 15.9 Å². The van der Waals surface area contributed by atoms with Crippen LogP contribution in [0, 0.1) is 0 Å². The molecule has 4 nitrogen and oxygen atoms in total. The fourth-order valence-electron chi connectivity index (χ4n) is 0.953. The molecule has 1 heterocycles. The highest BCUT2D eigenvalue weighted by Crippen LogP contribution is 2.25. The van der Waals surface area contributed by atoms with Gasteiger partial charge >= 0.3 is 0 Å². The van der Waals surface area contributed by atoms with Crippen LogP contribution in [0.1, 0.15) is 13.8 Å². The van der Waals surface area contributed by atoms with Gasteiger partial charge in [0.1, 0.15) is 4.60 Å². The Kier molecular flexibility index (Phi) is 3.72. The average Bonchev–Trinajstić information content (AvgIpc) is 2.05. The van der Waals surface area contributed by atoms with Gasteiger partial charge in [-0.3, -0.25) is 0 Å². The number of nitrogens with zero attached hydrogens (tertiary/aromatic N) is 1. The highest BCUT2D eigenvalue weighted by Gasteiger charge is 2.12. The molecule has 1 rings (SSSR count). The summed E-state index contributed by atoms with van der Waals surface area (Å²) >= 11 is 3.17. The second-order valence-corrected chi connectivity index (χ2v) is 6.09. The second kappa shape index (κ2) is 4.49. The molecule has 1 aromatic rings. The first-order valence-corrected chi connectivity index (χ1v) is 7.02. The largest absolute Gasteiger partial charge is 0.488 e. The number of sulfone groups is 1. The van der Waals surface area contributed by atoms with E-state index >= 15 is 0 Å². The van der Waals surface area contributed by atoms with E-state index in [4.69, 9.17) is 4.74 Å². The molecule has 0 spiro atoms. The number of pyridine rings is 1. The van der Waals surface area contributed by atoms with Crippen LogP contribution in [-0.2, 0) is 9.84 Å². The van der Waals surface area contributed by atoms with Crippen LogP contribution in [0.15, 0.2) is 21.8 Å². The standard InChI is InChI=1S/C9H12BrNO3S/c1-6(2)14-7-4-5-8(11-9(7)10)15(3,12)13/h4-6H,1-3H3. The first kappa shape index (κ1) is 12.4. The summed E-state index contributed by atoms with van der Waals surface area (Å²) in [6, 6.07) is 3.02. The van der Waals surface area contributed by atoms with E-state index in [1.54, 1.807) is 6.07 Å². The molecule has 0 aliphatic rings. The molecule has 84 valence electrons. The highest BCUT2D eigenvalue weighted by atomic mass is 79.9. The summed E-state index contributed by atoms with van der Waals surface area (Å²) in [5, 5.41) is 0.0329. The maximum atomic E-state index is 11.2. The Labute approximate surface area is 97.7 Å². The van der Waals surface area contributed by atoms with Crippen LogP contribution < -0.4 is 4.74 Å². The van der Waals surface area contributed by atoms with Gasteiger partial charge in [-0.1, -0.05) is 0 Å². The molecule has 1 aromatic heterocycles. The molecular weight excluding hydrogens is 282 g/mol. The Morgan fingerprint density at radius 1 is 1.40 bits per heavy atom. The average molecular weight is 294 g/mol. The predicted molar refractivity (Wildman–Crippen MR) is 60.8 cm³/mol. The third-order valence-electron chi connectivity index (χ3n) is 1.53. The van der Waals surface area contributed by atoms with Crippen molar-refractivity contribution >= 4 is 25.8 Å². The third-order valence-corrected chi connectivity index (χ3v) is 3.09. The van der Waals surface area contributed by atoms with Gasteiger partial charge in [-0.05, 0) is 41.9 Å². The van der Waals surface area contributed by atoms with Gasteiger partial charge in [0.25, 0.3) is 0 Å². The summed E-state index contributed by atoms with van der Waals surface area (Å²) in [5.74, 6) is 0.539. The van der Waals surface area contributed by atoms with Crippen LogP contribution in [0.5, 0.6) is 5.75 Å². The molecule has 0 aliphatic carbocycles. The minimum Gasteiger partial charge on any atom is -0.488 e. The Balaban J connectivity index is 3.09. The molecule has 0 saturated heterocycles. The first-order chi connectivity index (χ1) is 6.80. The third kappa shape index (κ3) is 3.46. The molecule has 15 heavy (non-hydrogen) atoms. The van der Waals surface area contributed by atoms with Crippen molar-refractivity contribution in [2.45, 2.75) is 25.0 Å². The molecule has 0 aromatic carbocycles. The molecule has 0 unspecified atom stereocenters.